The second kappa shape index (κ2) is 7.94. The van der Waals surface area contributed by atoms with Crippen LogP contribution in [0.2, 0.25) is 0 Å². The summed E-state index contributed by atoms with van der Waals surface area (Å²) < 4.78 is 33.9. The van der Waals surface area contributed by atoms with Gasteiger partial charge in [0.05, 0.1) is 12.8 Å². The average molecular weight is 362 g/mol. The molecule has 0 aliphatic carbocycles. The molecule has 25 heavy (non-hydrogen) atoms. The molecule has 7 heteroatoms. The molecule has 0 amide bonds. The third-order valence-electron chi connectivity index (χ3n) is 3.46. The number of halogens is 2. The highest BCUT2D eigenvalue weighted by molar-refractivity contribution is 7.14. The second-order valence-electron chi connectivity index (χ2n) is 5.15. The number of anilines is 1. The van der Waals surface area contributed by atoms with Crippen molar-refractivity contribution in [1.29, 1.82) is 0 Å². The smallest absolute Gasteiger partial charge is 0.387 e. The summed E-state index contributed by atoms with van der Waals surface area (Å²) in [5.41, 5.74) is 2.71. The zero-order chi connectivity index (χ0) is 17.6. The molecule has 0 atom stereocenters. The van der Waals surface area contributed by atoms with E-state index in [1.807, 2.05) is 29.6 Å². The van der Waals surface area contributed by atoms with E-state index < -0.39 is 6.61 Å². The second-order valence-corrected chi connectivity index (χ2v) is 6.00. The summed E-state index contributed by atoms with van der Waals surface area (Å²) in [4.78, 5) is 4.52. The highest BCUT2D eigenvalue weighted by Gasteiger charge is 2.07. The summed E-state index contributed by atoms with van der Waals surface area (Å²) in [5, 5.41) is 5.96. The number of alkyl halides is 2. The van der Waals surface area contributed by atoms with E-state index in [9.17, 15) is 8.78 Å². The van der Waals surface area contributed by atoms with E-state index in [1.165, 1.54) is 23.5 Å². The number of hydrogen-bond acceptors (Lipinski definition) is 5. The maximum Gasteiger partial charge on any atom is 0.387 e. The van der Waals surface area contributed by atoms with E-state index in [4.69, 9.17) is 4.74 Å². The first-order valence-corrected chi connectivity index (χ1v) is 8.39. The molecule has 4 nitrogen and oxygen atoms in total. The number of benzene rings is 2. The normalized spacial score (nSPS) is 10.7. The largest absolute Gasteiger partial charge is 0.497 e. The third-order valence-corrected chi connectivity index (χ3v) is 4.26. The lowest BCUT2D eigenvalue weighted by molar-refractivity contribution is -0.0498. The molecule has 0 bridgehead atoms. The molecular weight excluding hydrogens is 346 g/mol. The first kappa shape index (κ1) is 17.2. The van der Waals surface area contributed by atoms with E-state index in [2.05, 4.69) is 15.0 Å². The topological polar surface area (TPSA) is 43.4 Å². The number of aromatic nitrogens is 1. The molecule has 0 spiro atoms. The van der Waals surface area contributed by atoms with Crippen molar-refractivity contribution in [2.45, 2.75) is 13.2 Å². The summed E-state index contributed by atoms with van der Waals surface area (Å²) in [6, 6.07) is 14.2. The fraction of sp³-hybridized carbons (Fsp3) is 0.167. The molecular formula is C18H16F2N2O2S. The standard InChI is InChI=1S/C18H16F2N2O2S/c1-23-15-4-2-3-12(9-15)10-21-18-22-16(11-25-18)13-5-7-14(8-6-13)24-17(19)20/h2-9,11,17H,10H2,1H3,(H,21,22). The number of thiazole rings is 1. The maximum absolute atomic E-state index is 12.2. The van der Waals surface area contributed by atoms with E-state index >= 15 is 0 Å². The van der Waals surface area contributed by atoms with Gasteiger partial charge in [0.1, 0.15) is 11.5 Å². The van der Waals surface area contributed by atoms with Crippen LogP contribution in [0.25, 0.3) is 11.3 Å². The van der Waals surface area contributed by atoms with Crippen LogP contribution in [0.15, 0.2) is 53.9 Å². The predicted molar refractivity (Wildman–Crippen MR) is 94.5 cm³/mol. The fourth-order valence-corrected chi connectivity index (χ4v) is 2.97. The number of nitrogens with one attached hydrogen (secondary N) is 1. The van der Waals surface area contributed by atoms with Gasteiger partial charge in [-0.25, -0.2) is 4.98 Å². The Kier molecular flexibility index (Phi) is 5.45. The highest BCUT2D eigenvalue weighted by atomic mass is 32.1. The van der Waals surface area contributed by atoms with Crippen LogP contribution in [-0.4, -0.2) is 18.7 Å². The number of nitrogens with zero attached hydrogens (tertiary/aromatic N) is 1. The summed E-state index contributed by atoms with van der Waals surface area (Å²) in [7, 11) is 1.64. The van der Waals surface area contributed by atoms with Crippen LogP contribution in [-0.2, 0) is 6.54 Å². The van der Waals surface area contributed by atoms with Crippen LogP contribution < -0.4 is 14.8 Å². The molecule has 1 aromatic heterocycles. The lowest BCUT2D eigenvalue weighted by Crippen LogP contribution is -2.01. The summed E-state index contributed by atoms with van der Waals surface area (Å²) in [6.45, 7) is -2.19. The van der Waals surface area contributed by atoms with Gasteiger partial charge in [-0.15, -0.1) is 11.3 Å². The van der Waals surface area contributed by atoms with Gasteiger partial charge in [-0.1, -0.05) is 12.1 Å². The molecule has 130 valence electrons. The minimum Gasteiger partial charge on any atom is -0.497 e. The van der Waals surface area contributed by atoms with Gasteiger partial charge in [0.2, 0.25) is 0 Å². The molecule has 3 aromatic rings. The molecule has 1 N–H and O–H groups in total. The molecule has 0 fully saturated rings. The molecule has 2 aromatic carbocycles. The Balaban J connectivity index is 1.63. The zero-order valence-electron chi connectivity index (χ0n) is 13.4. The van der Waals surface area contributed by atoms with Crippen LogP contribution in [0.5, 0.6) is 11.5 Å². The van der Waals surface area contributed by atoms with Crippen LogP contribution in [0.1, 0.15) is 5.56 Å². The third kappa shape index (κ3) is 4.67. The minimum atomic E-state index is -2.82. The Hall–Kier alpha value is -2.67. The van der Waals surface area contributed by atoms with Gasteiger partial charge in [-0.3, -0.25) is 0 Å². The Labute approximate surface area is 148 Å². The molecule has 0 aliphatic rings. The lowest BCUT2D eigenvalue weighted by atomic mass is 10.2. The van der Waals surface area contributed by atoms with Gasteiger partial charge in [-0.05, 0) is 42.0 Å². The average Bonchev–Trinajstić information content (AvgIpc) is 3.09. The number of methoxy groups -OCH3 is 1. The van der Waals surface area contributed by atoms with Gasteiger partial charge in [-0.2, -0.15) is 8.78 Å². The van der Waals surface area contributed by atoms with Crippen molar-refractivity contribution in [1.82, 2.24) is 4.98 Å². The van der Waals surface area contributed by atoms with Crippen molar-refractivity contribution in [3.8, 4) is 22.8 Å². The van der Waals surface area contributed by atoms with E-state index in [0.717, 1.165) is 27.7 Å². The molecule has 0 saturated carbocycles. The van der Waals surface area contributed by atoms with E-state index in [-0.39, 0.29) is 5.75 Å². The predicted octanol–water partition coefficient (Wildman–Crippen LogP) is 5.03. The van der Waals surface area contributed by atoms with Gasteiger partial charge in [0.25, 0.3) is 0 Å². The van der Waals surface area contributed by atoms with E-state index in [0.29, 0.717) is 6.54 Å². The Morgan fingerprint density at radius 1 is 1.12 bits per heavy atom. The van der Waals surface area contributed by atoms with Gasteiger partial charge >= 0.3 is 6.61 Å². The SMILES string of the molecule is COc1cccc(CNc2nc(-c3ccc(OC(F)F)cc3)cs2)c1. The van der Waals surface area contributed by atoms with Gasteiger partial charge in [0.15, 0.2) is 5.13 Å². The first-order chi connectivity index (χ1) is 12.1. The number of rotatable bonds is 7. The Morgan fingerprint density at radius 2 is 1.92 bits per heavy atom. The van der Waals surface area contributed by atoms with Gasteiger partial charge in [0, 0.05) is 17.5 Å². The van der Waals surface area contributed by atoms with Crippen LogP contribution in [0, 0.1) is 0 Å². The zero-order valence-corrected chi connectivity index (χ0v) is 14.2. The monoisotopic (exact) mass is 362 g/mol. The highest BCUT2D eigenvalue weighted by Crippen LogP contribution is 2.27. The summed E-state index contributed by atoms with van der Waals surface area (Å²) >= 11 is 1.48. The molecule has 0 saturated heterocycles. The minimum absolute atomic E-state index is 0.130. The quantitative estimate of drug-likeness (QED) is 0.640. The number of ether oxygens (including phenoxy) is 2. The van der Waals surface area contributed by atoms with Crippen LogP contribution in [0.4, 0.5) is 13.9 Å². The molecule has 0 unspecified atom stereocenters. The van der Waals surface area contributed by atoms with Gasteiger partial charge < -0.3 is 14.8 Å². The Morgan fingerprint density at radius 3 is 2.64 bits per heavy atom. The van der Waals surface area contributed by atoms with Crippen molar-refractivity contribution in [2.75, 3.05) is 12.4 Å². The number of hydrogen-bond donors (Lipinski definition) is 1. The van der Waals surface area contributed by atoms with Crippen LogP contribution >= 0.6 is 11.3 Å². The van der Waals surface area contributed by atoms with Crippen molar-refractivity contribution in [3.05, 3.63) is 59.5 Å². The molecule has 0 aliphatic heterocycles. The van der Waals surface area contributed by atoms with Crippen molar-refractivity contribution in [2.24, 2.45) is 0 Å². The maximum atomic E-state index is 12.2. The fourth-order valence-electron chi connectivity index (χ4n) is 2.25. The van der Waals surface area contributed by atoms with Crippen molar-refractivity contribution in [3.63, 3.8) is 0 Å². The van der Waals surface area contributed by atoms with Crippen molar-refractivity contribution < 1.29 is 18.3 Å². The van der Waals surface area contributed by atoms with Crippen molar-refractivity contribution >= 4 is 16.5 Å². The summed E-state index contributed by atoms with van der Waals surface area (Å²) in [5.74, 6) is 0.940. The molecule has 0 radical (unpaired) electrons. The Bertz CT molecular complexity index is 822. The van der Waals surface area contributed by atoms with E-state index in [1.54, 1.807) is 19.2 Å². The van der Waals surface area contributed by atoms with Crippen LogP contribution in [0.3, 0.4) is 0 Å². The molecule has 3 rings (SSSR count). The molecule has 1 heterocycles. The lowest BCUT2D eigenvalue weighted by Gasteiger charge is -2.05. The first-order valence-electron chi connectivity index (χ1n) is 7.51. The summed E-state index contributed by atoms with van der Waals surface area (Å²) in [6.07, 6.45) is 0.